The van der Waals surface area contributed by atoms with Crippen molar-refractivity contribution in [3.05, 3.63) is 53.8 Å². The molecule has 0 atom stereocenters. The summed E-state index contributed by atoms with van der Waals surface area (Å²) < 4.78 is 0. The molecule has 118 valence electrons. The van der Waals surface area contributed by atoms with Gasteiger partial charge in [-0.15, -0.1) is 116 Å². The molecular formula is C10Cl10Ru. The normalized spacial score (nSPS) is 27.1. The van der Waals surface area contributed by atoms with Crippen LogP contribution in [0.1, 0.15) is 0 Å². The smallest absolute Gasteiger partial charge is 0.113 e. The number of halogens is 10. The van der Waals surface area contributed by atoms with E-state index in [9.17, 15) is 0 Å². The molecule has 0 aromatic heterocycles. The van der Waals surface area contributed by atoms with Gasteiger partial charge < -0.3 is 0 Å². The molecule has 2 aliphatic carbocycles. The van der Waals surface area contributed by atoms with E-state index >= 15 is 0 Å². The Balaban J connectivity index is 0.000000364. The van der Waals surface area contributed by atoms with Crippen LogP contribution in [0.4, 0.5) is 0 Å². The second-order valence-electron chi connectivity index (χ2n) is 3.14. The summed E-state index contributed by atoms with van der Waals surface area (Å²) in [6.45, 7) is 0. The molecule has 21 heavy (non-hydrogen) atoms. The second kappa shape index (κ2) is 10.6. The zero-order valence-corrected chi connectivity index (χ0v) is 18.4. The van der Waals surface area contributed by atoms with Crippen LogP contribution in [0.2, 0.25) is 0 Å². The van der Waals surface area contributed by atoms with E-state index in [1.807, 2.05) is 0 Å². The molecule has 0 N–H and O–H groups in total. The molecule has 0 amide bonds. The maximum atomic E-state index is 5.57. The van der Waals surface area contributed by atoms with Crippen molar-refractivity contribution in [3.63, 3.8) is 0 Å². The monoisotopic (exact) mass is 572 g/mol. The maximum Gasteiger partial charge on any atom is 0.113 e. The van der Waals surface area contributed by atoms with Gasteiger partial charge in [-0.3, -0.25) is 0 Å². The van der Waals surface area contributed by atoms with Crippen molar-refractivity contribution in [1.82, 2.24) is 0 Å². The van der Waals surface area contributed by atoms with Crippen LogP contribution in [-0.4, -0.2) is 0 Å². The van der Waals surface area contributed by atoms with Gasteiger partial charge in [0, 0.05) is 19.5 Å². The second-order valence-corrected chi connectivity index (χ2v) is 6.92. The molecule has 10 radical (unpaired) electrons. The third-order valence-corrected chi connectivity index (χ3v) is 6.67. The van der Waals surface area contributed by atoms with E-state index in [-0.39, 0.29) is 73.2 Å². The van der Waals surface area contributed by atoms with Crippen molar-refractivity contribution in [2.75, 3.05) is 0 Å². The maximum absolute atomic E-state index is 5.57. The summed E-state index contributed by atoms with van der Waals surface area (Å²) in [6.07, 6.45) is 0. The van der Waals surface area contributed by atoms with Gasteiger partial charge in [0.05, 0.1) is 0 Å². The van der Waals surface area contributed by atoms with Crippen LogP contribution in [-0.2, 0) is 19.5 Å². The fourth-order valence-corrected chi connectivity index (χ4v) is 3.34. The summed E-state index contributed by atoms with van der Waals surface area (Å²) in [5, 5.41) is 2.07. The Morgan fingerprint density at radius 3 is 0.333 bits per heavy atom. The van der Waals surface area contributed by atoms with Crippen LogP contribution in [0.3, 0.4) is 0 Å². The molecular weight excluding hydrogens is 576 g/mol. The third-order valence-electron chi connectivity index (χ3n) is 1.93. The van der Waals surface area contributed by atoms with E-state index in [1.165, 1.54) is 0 Å². The van der Waals surface area contributed by atoms with Crippen molar-refractivity contribution in [1.29, 1.82) is 0 Å². The predicted molar refractivity (Wildman–Crippen MR) is 91.0 cm³/mol. The Hall–Kier alpha value is 3.52. The quantitative estimate of drug-likeness (QED) is 0.260. The first-order chi connectivity index (χ1) is 9.11. The van der Waals surface area contributed by atoms with Crippen LogP contribution in [0.5, 0.6) is 0 Å². The van der Waals surface area contributed by atoms with Crippen molar-refractivity contribution < 1.29 is 19.5 Å². The summed E-state index contributed by atoms with van der Waals surface area (Å²) >= 11 is 55.7. The van der Waals surface area contributed by atoms with Crippen molar-refractivity contribution in [2.45, 2.75) is 0 Å². The van der Waals surface area contributed by atoms with E-state index in [2.05, 4.69) is 0 Å². The molecule has 2 aliphatic rings. The minimum Gasteiger partial charge on any atom is -0.113 e. The van der Waals surface area contributed by atoms with E-state index in [0.717, 1.165) is 0 Å². The van der Waals surface area contributed by atoms with Gasteiger partial charge in [0.2, 0.25) is 0 Å². The van der Waals surface area contributed by atoms with Crippen LogP contribution in [0.25, 0.3) is 0 Å². The predicted octanol–water partition coefficient (Wildman–Crippen LogP) is 7.71. The molecule has 2 saturated carbocycles. The van der Waals surface area contributed by atoms with Crippen molar-refractivity contribution in [2.24, 2.45) is 0 Å². The van der Waals surface area contributed by atoms with E-state index in [4.69, 9.17) is 116 Å². The average molecular weight is 576 g/mol. The zero-order chi connectivity index (χ0) is 15.8. The molecule has 0 saturated heterocycles. The fourth-order valence-electron chi connectivity index (χ4n) is 0.964. The molecule has 0 unspecified atom stereocenters. The SMILES string of the molecule is Cl[C]1[C](Cl)[C](Cl)[C](Cl)[C]1Cl.Cl[C]1[C](Cl)[C](Cl)[C](Cl)[C]1Cl.[Ru]. The molecule has 0 spiro atoms. The zero-order valence-electron chi connectivity index (χ0n) is 9.13. The summed E-state index contributed by atoms with van der Waals surface area (Å²) in [7, 11) is 0. The topological polar surface area (TPSA) is 0 Å². The van der Waals surface area contributed by atoms with Gasteiger partial charge in [-0.1, -0.05) is 0 Å². The number of rotatable bonds is 0. The third kappa shape index (κ3) is 5.75. The molecule has 0 aromatic carbocycles. The van der Waals surface area contributed by atoms with Gasteiger partial charge in [0.15, 0.2) is 0 Å². The van der Waals surface area contributed by atoms with Crippen molar-refractivity contribution in [3.8, 4) is 0 Å². The largest absolute Gasteiger partial charge is 0.113 e. The van der Waals surface area contributed by atoms with Crippen LogP contribution in [0, 0.1) is 53.8 Å². The van der Waals surface area contributed by atoms with E-state index in [0.29, 0.717) is 0 Å². The molecule has 0 bridgehead atoms. The Morgan fingerprint density at radius 1 is 0.238 bits per heavy atom. The summed E-state index contributed by atoms with van der Waals surface area (Å²) in [6, 6.07) is 0. The Morgan fingerprint density at radius 2 is 0.286 bits per heavy atom. The molecule has 0 nitrogen and oxygen atoms in total. The summed E-state index contributed by atoms with van der Waals surface area (Å²) in [5.74, 6) is 0. The van der Waals surface area contributed by atoms with Gasteiger partial charge in [0.1, 0.15) is 53.8 Å². The van der Waals surface area contributed by atoms with E-state index < -0.39 is 0 Å². The van der Waals surface area contributed by atoms with E-state index in [1.54, 1.807) is 0 Å². The van der Waals surface area contributed by atoms with Crippen LogP contribution >= 0.6 is 116 Å². The first-order valence-electron chi connectivity index (χ1n) is 4.39. The molecule has 2 fully saturated rings. The van der Waals surface area contributed by atoms with Gasteiger partial charge in [0.25, 0.3) is 0 Å². The Kier molecular flexibility index (Phi) is 12.4. The summed E-state index contributed by atoms with van der Waals surface area (Å²) in [4.78, 5) is 0. The van der Waals surface area contributed by atoms with Crippen molar-refractivity contribution >= 4 is 116 Å². The molecule has 11 heteroatoms. The standard InChI is InChI=1S/2C5Cl5.Ru/c2*6-1-2(7)4(9)5(10)3(1)8;. The molecule has 0 aromatic rings. The molecule has 0 heterocycles. The first kappa shape index (κ1) is 24.5. The van der Waals surface area contributed by atoms with Gasteiger partial charge in [-0.2, -0.15) is 0 Å². The van der Waals surface area contributed by atoms with Crippen LogP contribution < -0.4 is 0 Å². The van der Waals surface area contributed by atoms with Gasteiger partial charge in [-0.25, -0.2) is 0 Å². The summed E-state index contributed by atoms with van der Waals surface area (Å²) in [5.41, 5.74) is 0. The minimum absolute atomic E-state index is 0. The molecule has 2 rings (SSSR count). The fraction of sp³-hybridized carbons (Fsp3) is 0. The van der Waals surface area contributed by atoms with Gasteiger partial charge in [-0.05, 0) is 0 Å². The van der Waals surface area contributed by atoms with Crippen LogP contribution in [0.15, 0.2) is 0 Å². The number of hydrogen-bond acceptors (Lipinski definition) is 0. The Labute approximate surface area is 187 Å². The molecule has 0 aliphatic heterocycles. The Bertz CT molecular complexity index is 201. The number of hydrogen-bond donors (Lipinski definition) is 0. The minimum atomic E-state index is 0. The average Bonchev–Trinajstić information content (AvgIpc) is 2.71. The van der Waals surface area contributed by atoms with Gasteiger partial charge >= 0.3 is 0 Å². The first-order valence-corrected chi connectivity index (χ1v) is 8.17.